The van der Waals surface area contributed by atoms with Crippen LogP contribution in [0.15, 0.2) is 0 Å². The zero-order chi connectivity index (χ0) is 4.28. The molecule has 2 nitrogen and oxygen atoms in total. The van der Waals surface area contributed by atoms with Crippen molar-refractivity contribution in [3.05, 3.63) is 0 Å². The SMILES string of the molecule is CC(=O)[O][GaH2]. The number of carbonyl (C=O) groups excluding carboxylic acids is 1. The van der Waals surface area contributed by atoms with Crippen LogP contribution in [0.3, 0.4) is 0 Å². The van der Waals surface area contributed by atoms with Crippen LogP contribution in [0.5, 0.6) is 0 Å². The Hall–Kier alpha value is 0.106. The minimum atomic E-state index is -0.162. The van der Waals surface area contributed by atoms with Gasteiger partial charge >= 0.3 is 40.2 Å². The third kappa shape index (κ3) is 4.11. The summed E-state index contributed by atoms with van der Waals surface area (Å²) >= 11 is 0.235. The standard InChI is InChI=1S/C2H4O2.Ga.2H/c1-2(3)4;;;/h1H3,(H,3,4);;;/q;+1;;/p-1. The molecule has 0 aliphatic rings. The third-order valence-electron chi connectivity index (χ3n) is 0.287. The molecular weight excluding hydrogens is 126 g/mol. The molecule has 0 aliphatic carbocycles. The molecule has 0 unspecified atom stereocenters. The monoisotopic (exact) mass is 130 g/mol. The van der Waals surface area contributed by atoms with E-state index in [9.17, 15) is 4.79 Å². The number of rotatable bonds is 0. The van der Waals surface area contributed by atoms with Gasteiger partial charge < -0.3 is 0 Å². The number of hydrogen-bond donors (Lipinski definition) is 0. The number of carbonyl (C=O) groups is 1. The zero-order valence-corrected chi connectivity index (χ0v) is 7.51. The first-order chi connectivity index (χ1) is 2.27. The molecule has 0 saturated heterocycles. The minimum absolute atomic E-state index is 0.162. The molecule has 0 bridgehead atoms. The van der Waals surface area contributed by atoms with Gasteiger partial charge in [0.25, 0.3) is 0 Å². The summed E-state index contributed by atoms with van der Waals surface area (Å²) in [5.41, 5.74) is 0. The average molecular weight is 131 g/mol. The molecule has 0 amide bonds. The van der Waals surface area contributed by atoms with Crippen molar-refractivity contribution >= 4 is 24.9 Å². The van der Waals surface area contributed by atoms with E-state index in [4.69, 9.17) is 0 Å². The first kappa shape index (κ1) is 5.11. The maximum atomic E-state index is 9.64. The molecule has 0 fully saturated rings. The molecule has 3 heteroatoms. The van der Waals surface area contributed by atoms with Crippen LogP contribution < -0.4 is 0 Å². The van der Waals surface area contributed by atoms with Gasteiger partial charge in [-0.3, -0.25) is 0 Å². The van der Waals surface area contributed by atoms with E-state index in [0.29, 0.717) is 0 Å². The van der Waals surface area contributed by atoms with Gasteiger partial charge in [-0.25, -0.2) is 0 Å². The van der Waals surface area contributed by atoms with Crippen LogP contribution in [0.25, 0.3) is 0 Å². The summed E-state index contributed by atoms with van der Waals surface area (Å²) in [5, 5.41) is 0. The summed E-state index contributed by atoms with van der Waals surface area (Å²) in [6.07, 6.45) is 0. The normalized spacial score (nSPS) is 6.60. The van der Waals surface area contributed by atoms with Gasteiger partial charge in [0.1, 0.15) is 0 Å². The molecule has 0 aromatic heterocycles. The molecule has 0 saturated carbocycles. The Morgan fingerprint density at radius 3 is 2.20 bits per heavy atom. The summed E-state index contributed by atoms with van der Waals surface area (Å²) < 4.78 is 4.30. The van der Waals surface area contributed by atoms with Gasteiger partial charge in [0.05, 0.1) is 0 Å². The van der Waals surface area contributed by atoms with Crippen molar-refractivity contribution in [2.75, 3.05) is 0 Å². The third-order valence-corrected chi connectivity index (χ3v) is 1.49. The van der Waals surface area contributed by atoms with Crippen LogP contribution in [-0.4, -0.2) is 24.9 Å². The van der Waals surface area contributed by atoms with Gasteiger partial charge in [-0.05, 0) is 0 Å². The molecule has 0 atom stereocenters. The van der Waals surface area contributed by atoms with Crippen LogP contribution in [-0.2, 0) is 8.32 Å². The second-order valence-electron chi connectivity index (χ2n) is 0.696. The van der Waals surface area contributed by atoms with E-state index < -0.39 is 0 Å². The quantitative estimate of drug-likeness (QED) is 0.398. The van der Waals surface area contributed by atoms with Crippen molar-refractivity contribution in [3.63, 3.8) is 0 Å². The van der Waals surface area contributed by atoms with Crippen molar-refractivity contribution < 1.29 is 8.32 Å². The van der Waals surface area contributed by atoms with Crippen LogP contribution in [0.1, 0.15) is 6.92 Å². The summed E-state index contributed by atoms with van der Waals surface area (Å²) in [5.74, 6) is -0.162. The summed E-state index contributed by atoms with van der Waals surface area (Å²) in [6, 6.07) is 0. The Kier molecular flexibility index (Phi) is 2.40. The predicted molar refractivity (Wildman–Crippen MR) is 20.3 cm³/mol. The topological polar surface area (TPSA) is 26.3 Å². The van der Waals surface area contributed by atoms with Crippen LogP contribution >= 0.6 is 0 Å². The number of hydrogen-bond acceptors (Lipinski definition) is 2. The van der Waals surface area contributed by atoms with E-state index in [2.05, 4.69) is 3.53 Å². The van der Waals surface area contributed by atoms with Gasteiger partial charge in [-0.15, -0.1) is 0 Å². The van der Waals surface area contributed by atoms with Crippen LogP contribution in [0.4, 0.5) is 0 Å². The molecule has 28 valence electrons. The Morgan fingerprint density at radius 2 is 2.20 bits per heavy atom. The second kappa shape index (κ2) is 2.35. The molecule has 0 rings (SSSR count). The van der Waals surface area contributed by atoms with Crippen LogP contribution in [0, 0.1) is 0 Å². The van der Waals surface area contributed by atoms with Crippen molar-refractivity contribution in [1.29, 1.82) is 0 Å². The van der Waals surface area contributed by atoms with Gasteiger partial charge in [0.2, 0.25) is 0 Å². The van der Waals surface area contributed by atoms with E-state index in [-0.39, 0.29) is 24.9 Å². The van der Waals surface area contributed by atoms with E-state index in [1.54, 1.807) is 0 Å². The fraction of sp³-hybridized carbons (Fsp3) is 0.500. The Balaban J connectivity index is 2.85. The van der Waals surface area contributed by atoms with Gasteiger partial charge in [0.15, 0.2) is 0 Å². The first-order valence-electron chi connectivity index (χ1n) is 1.32. The first-order valence-corrected chi connectivity index (χ1v) is 3.03. The fourth-order valence-electron chi connectivity index (χ4n) is 0. The Bertz CT molecular complexity index is 42.9. The molecule has 0 N–H and O–H groups in total. The van der Waals surface area contributed by atoms with E-state index in [1.807, 2.05) is 0 Å². The average Bonchev–Trinajstić information content (AvgIpc) is 1.38. The van der Waals surface area contributed by atoms with Crippen molar-refractivity contribution in [2.24, 2.45) is 0 Å². The van der Waals surface area contributed by atoms with Crippen molar-refractivity contribution in [1.82, 2.24) is 0 Å². The van der Waals surface area contributed by atoms with Gasteiger partial charge in [0, 0.05) is 0 Å². The maximum absolute atomic E-state index is 9.64. The Morgan fingerprint density at radius 1 is 2.00 bits per heavy atom. The zero-order valence-electron chi connectivity index (χ0n) is 3.32. The van der Waals surface area contributed by atoms with E-state index in [1.165, 1.54) is 6.92 Å². The van der Waals surface area contributed by atoms with Crippen LogP contribution in [0.2, 0.25) is 0 Å². The predicted octanol–water partition coefficient (Wildman–Crippen LogP) is -0.902. The molecule has 0 aromatic rings. The summed E-state index contributed by atoms with van der Waals surface area (Å²) in [6.45, 7) is 1.41. The molecule has 0 heterocycles. The van der Waals surface area contributed by atoms with E-state index >= 15 is 0 Å². The molecule has 0 radical (unpaired) electrons. The van der Waals surface area contributed by atoms with Crippen molar-refractivity contribution in [2.45, 2.75) is 6.92 Å². The fourth-order valence-corrected chi connectivity index (χ4v) is 0. The molecular formula is C2H5GaO2. The molecule has 0 aliphatic heterocycles. The molecule has 5 heavy (non-hydrogen) atoms. The van der Waals surface area contributed by atoms with Gasteiger partial charge in [-0.2, -0.15) is 0 Å². The molecule has 0 spiro atoms. The van der Waals surface area contributed by atoms with Crippen molar-refractivity contribution in [3.8, 4) is 0 Å². The summed E-state index contributed by atoms with van der Waals surface area (Å²) in [4.78, 5) is 9.64. The van der Waals surface area contributed by atoms with E-state index in [0.717, 1.165) is 0 Å². The summed E-state index contributed by atoms with van der Waals surface area (Å²) in [7, 11) is 0. The second-order valence-corrected chi connectivity index (χ2v) is 1.55. The van der Waals surface area contributed by atoms with Gasteiger partial charge in [-0.1, -0.05) is 0 Å². The Labute approximate surface area is 40.8 Å². The molecule has 0 aromatic carbocycles.